The van der Waals surface area contributed by atoms with Crippen LogP contribution in [-0.4, -0.2) is 58.1 Å². The summed E-state index contributed by atoms with van der Waals surface area (Å²) >= 11 is 6.02. The molecule has 0 saturated carbocycles. The molecule has 2 aromatic carbocycles. The molecule has 9 heteroatoms. The molecule has 0 atom stereocenters. The Balaban J connectivity index is 1.64. The van der Waals surface area contributed by atoms with Crippen LogP contribution in [0.1, 0.15) is 15.9 Å². The molecule has 1 N–H and O–H groups in total. The summed E-state index contributed by atoms with van der Waals surface area (Å²) in [5.41, 5.74) is 0.871. The minimum absolute atomic E-state index is 0.138. The van der Waals surface area contributed by atoms with E-state index in [9.17, 15) is 13.2 Å². The Morgan fingerprint density at radius 3 is 2.66 bits per heavy atom. The average Bonchev–Trinajstić information content (AvgIpc) is 2.73. The molecule has 156 valence electrons. The van der Waals surface area contributed by atoms with E-state index in [-0.39, 0.29) is 29.5 Å². The number of carbonyl (C=O) groups is 1. The topological polar surface area (TPSA) is 84.9 Å². The van der Waals surface area contributed by atoms with Crippen LogP contribution in [0.15, 0.2) is 47.4 Å². The number of benzene rings is 2. The Bertz CT molecular complexity index is 975. The van der Waals surface area contributed by atoms with E-state index in [0.29, 0.717) is 42.6 Å². The zero-order valence-corrected chi connectivity index (χ0v) is 17.6. The molecule has 1 aliphatic heterocycles. The van der Waals surface area contributed by atoms with Gasteiger partial charge in [-0.15, -0.1) is 0 Å². The van der Waals surface area contributed by atoms with Crippen molar-refractivity contribution in [3.63, 3.8) is 0 Å². The molecule has 1 saturated heterocycles. The quantitative estimate of drug-likeness (QED) is 0.671. The Hall–Kier alpha value is -2.13. The summed E-state index contributed by atoms with van der Waals surface area (Å²) in [6, 6.07) is 11.7. The van der Waals surface area contributed by atoms with Gasteiger partial charge in [0, 0.05) is 18.7 Å². The average molecular weight is 439 g/mol. The fraction of sp³-hybridized carbons (Fsp3) is 0.350. The van der Waals surface area contributed by atoms with Crippen LogP contribution < -0.4 is 10.1 Å². The monoisotopic (exact) mass is 438 g/mol. The number of hydrogen-bond donors (Lipinski definition) is 1. The Morgan fingerprint density at radius 1 is 1.21 bits per heavy atom. The van der Waals surface area contributed by atoms with E-state index >= 15 is 0 Å². The van der Waals surface area contributed by atoms with Gasteiger partial charge in [-0.05, 0) is 36.8 Å². The van der Waals surface area contributed by atoms with Crippen molar-refractivity contribution in [3.05, 3.63) is 58.6 Å². The second-order valence-corrected chi connectivity index (χ2v) is 8.85. The van der Waals surface area contributed by atoms with Gasteiger partial charge in [0.05, 0.1) is 29.7 Å². The van der Waals surface area contributed by atoms with Gasteiger partial charge in [-0.1, -0.05) is 29.8 Å². The first-order valence-electron chi connectivity index (χ1n) is 9.23. The maximum Gasteiger partial charge on any atom is 0.251 e. The first-order chi connectivity index (χ1) is 13.9. The van der Waals surface area contributed by atoms with E-state index < -0.39 is 10.0 Å². The molecule has 1 amide bonds. The second-order valence-electron chi connectivity index (χ2n) is 6.53. The number of aryl methyl sites for hydroxylation is 1. The number of rotatable bonds is 7. The Labute approximate surface area is 175 Å². The zero-order chi connectivity index (χ0) is 20.9. The summed E-state index contributed by atoms with van der Waals surface area (Å²) in [7, 11) is -3.68. The summed E-state index contributed by atoms with van der Waals surface area (Å²) in [6.07, 6.45) is 0. The van der Waals surface area contributed by atoms with Crippen LogP contribution in [0.3, 0.4) is 0 Å². The number of sulfonamides is 1. The number of nitrogens with zero attached hydrogens (tertiary/aromatic N) is 1. The molecule has 1 aliphatic rings. The molecule has 0 radical (unpaired) electrons. The lowest BCUT2D eigenvalue weighted by Crippen LogP contribution is -2.41. The van der Waals surface area contributed by atoms with Crippen molar-refractivity contribution in [1.82, 2.24) is 9.62 Å². The molecule has 3 rings (SSSR count). The number of amides is 1. The fourth-order valence-electron chi connectivity index (χ4n) is 2.93. The second kappa shape index (κ2) is 9.58. The van der Waals surface area contributed by atoms with Crippen LogP contribution in [0, 0.1) is 6.92 Å². The van der Waals surface area contributed by atoms with Gasteiger partial charge < -0.3 is 14.8 Å². The smallest absolute Gasteiger partial charge is 0.251 e. The van der Waals surface area contributed by atoms with Crippen molar-refractivity contribution < 1.29 is 22.7 Å². The van der Waals surface area contributed by atoms with Crippen LogP contribution in [0.25, 0.3) is 0 Å². The largest absolute Gasteiger partial charge is 0.490 e. The molecule has 0 spiro atoms. The number of carbonyl (C=O) groups excluding carboxylic acids is 1. The van der Waals surface area contributed by atoms with Crippen LogP contribution >= 0.6 is 11.6 Å². The fourth-order valence-corrected chi connectivity index (χ4v) is 4.78. The van der Waals surface area contributed by atoms with Crippen molar-refractivity contribution in [2.24, 2.45) is 0 Å². The third-order valence-electron chi connectivity index (χ3n) is 4.52. The minimum Gasteiger partial charge on any atom is -0.490 e. The number of nitrogens with one attached hydrogen (secondary N) is 1. The molecule has 0 aliphatic carbocycles. The number of hydrogen-bond acceptors (Lipinski definition) is 5. The Morgan fingerprint density at radius 2 is 1.93 bits per heavy atom. The minimum atomic E-state index is -3.68. The van der Waals surface area contributed by atoms with Gasteiger partial charge in [-0.3, -0.25) is 4.79 Å². The zero-order valence-electron chi connectivity index (χ0n) is 16.1. The number of halogens is 1. The molecule has 7 nitrogen and oxygen atoms in total. The van der Waals surface area contributed by atoms with Crippen molar-refractivity contribution in [1.29, 1.82) is 0 Å². The lowest BCUT2D eigenvalue weighted by Gasteiger charge is -2.26. The molecule has 29 heavy (non-hydrogen) atoms. The predicted molar refractivity (Wildman–Crippen MR) is 110 cm³/mol. The third kappa shape index (κ3) is 5.27. The maximum atomic E-state index is 12.9. The summed E-state index contributed by atoms with van der Waals surface area (Å²) in [6.45, 7) is 3.54. The van der Waals surface area contributed by atoms with Gasteiger partial charge >= 0.3 is 0 Å². The summed E-state index contributed by atoms with van der Waals surface area (Å²) in [5, 5.41) is 3.23. The van der Waals surface area contributed by atoms with Gasteiger partial charge in [0.1, 0.15) is 12.4 Å². The first kappa shape index (κ1) is 21.6. The highest BCUT2D eigenvalue weighted by atomic mass is 35.5. The summed E-state index contributed by atoms with van der Waals surface area (Å²) in [5.74, 6) is 0.170. The van der Waals surface area contributed by atoms with Gasteiger partial charge in [0.15, 0.2) is 0 Å². The number of ether oxygens (including phenoxy) is 2. The number of para-hydroxylation sites is 1. The van der Waals surface area contributed by atoms with E-state index in [0.717, 1.165) is 0 Å². The number of morpholine rings is 1. The van der Waals surface area contributed by atoms with E-state index in [2.05, 4.69) is 5.32 Å². The Kier molecular flexibility index (Phi) is 7.13. The van der Waals surface area contributed by atoms with E-state index in [4.69, 9.17) is 21.1 Å². The van der Waals surface area contributed by atoms with Gasteiger partial charge in [0.25, 0.3) is 5.91 Å². The SMILES string of the molecule is Cc1ccc(C(=O)NCCOc2ccccc2Cl)cc1S(=O)(=O)N1CCOCC1. The maximum absolute atomic E-state index is 12.9. The summed E-state index contributed by atoms with van der Waals surface area (Å²) < 4.78 is 38.0. The molecule has 2 aromatic rings. The molecule has 1 fully saturated rings. The highest BCUT2D eigenvalue weighted by molar-refractivity contribution is 7.89. The molecule has 1 heterocycles. The van der Waals surface area contributed by atoms with Gasteiger partial charge in [0.2, 0.25) is 10.0 Å². The van der Waals surface area contributed by atoms with Crippen LogP contribution in [-0.2, 0) is 14.8 Å². The standard InChI is InChI=1S/C20H23ClN2O5S/c1-15-6-7-16(14-19(15)29(25,26)23-9-12-27-13-10-23)20(24)22-8-11-28-18-5-3-2-4-17(18)21/h2-7,14H,8-13H2,1H3,(H,22,24). The molecule has 0 aromatic heterocycles. The predicted octanol–water partition coefficient (Wildman–Crippen LogP) is 2.48. The third-order valence-corrected chi connectivity index (χ3v) is 6.87. The highest BCUT2D eigenvalue weighted by Crippen LogP contribution is 2.23. The lowest BCUT2D eigenvalue weighted by atomic mass is 10.1. The van der Waals surface area contributed by atoms with Crippen molar-refractivity contribution >= 4 is 27.5 Å². The first-order valence-corrected chi connectivity index (χ1v) is 11.1. The van der Waals surface area contributed by atoms with Gasteiger partial charge in [-0.25, -0.2) is 8.42 Å². The summed E-state index contributed by atoms with van der Waals surface area (Å²) in [4.78, 5) is 12.6. The normalized spacial score (nSPS) is 15.1. The van der Waals surface area contributed by atoms with Crippen molar-refractivity contribution in [3.8, 4) is 5.75 Å². The molecule has 0 bridgehead atoms. The van der Waals surface area contributed by atoms with Crippen molar-refractivity contribution in [2.45, 2.75) is 11.8 Å². The van der Waals surface area contributed by atoms with E-state index in [1.54, 1.807) is 37.3 Å². The van der Waals surface area contributed by atoms with Gasteiger partial charge in [-0.2, -0.15) is 4.31 Å². The van der Waals surface area contributed by atoms with Crippen LogP contribution in [0.5, 0.6) is 5.75 Å². The molecular formula is C20H23ClN2O5S. The van der Waals surface area contributed by atoms with Crippen LogP contribution in [0.2, 0.25) is 5.02 Å². The van der Waals surface area contributed by atoms with Crippen molar-refractivity contribution in [2.75, 3.05) is 39.5 Å². The molecular weight excluding hydrogens is 416 g/mol. The van der Waals surface area contributed by atoms with Crippen LogP contribution in [0.4, 0.5) is 0 Å². The van der Waals surface area contributed by atoms with E-state index in [1.165, 1.54) is 10.4 Å². The van der Waals surface area contributed by atoms with E-state index in [1.807, 2.05) is 6.07 Å². The lowest BCUT2D eigenvalue weighted by molar-refractivity contribution is 0.0730. The molecule has 0 unspecified atom stereocenters. The highest BCUT2D eigenvalue weighted by Gasteiger charge is 2.28.